The van der Waals surface area contributed by atoms with Gasteiger partial charge in [0.25, 0.3) is 0 Å². The summed E-state index contributed by atoms with van der Waals surface area (Å²) in [6, 6.07) is 4.98. The van der Waals surface area contributed by atoms with E-state index in [1.807, 2.05) is 0 Å². The van der Waals surface area contributed by atoms with Gasteiger partial charge in [0.2, 0.25) is 5.91 Å². The van der Waals surface area contributed by atoms with Gasteiger partial charge in [0.15, 0.2) is 0 Å². The quantitative estimate of drug-likeness (QED) is 0.629. The number of benzene rings is 1. The molecule has 1 aliphatic carbocycles. The maximum Gasteiger partial charge on any atom is 0.248 e. The number of nitrogens with one attached hydrogen (secondary N) is 1. The van der Waals surface area contributed by atoms with Gasteiger partial charge in [-0.3, -0.25) is 4.79 Å². The summed E-state index contributed by atoms with van der Waals surface area (Å²) >= 11 is 0. The molecule has 2 unspecified atom stereocenters. The van der Waals surface area contributed by atoms with Gasteiger partial charge in [-0.05, 0) is 37.0 Å². The molecule has 0 saturated heterocycles. The van der Waals surface area contributed by atoms with E-state index in [9.17, 15) is 9.90 Å². The number of primary amides is 1. The fourth-order valence-electron chi connectivity index (χ4n) is 3.07. The first kappa shape index (κ1) is 14.7. The van der Waals surface area contributed by atoms with Gasteiger partial charge in [-0.1, -0.05) is 19.8 Å². The molecule has 5 nitrogen and oxygen atoms in total. The van der Waals surface area contributed by atoms with Gasteiger partial charge < -0.3 is 21.9 Å². The average molecular weight is 277 g/mol. The van der Waals surface area contributed by atoms with Gasteiger partial charge in [-0.2, -0.15) is 0 Å². The highest BCUT2D eigenvalue weighted by Gasteiger charge is 2.34. The molecule has 1 saturated carbocycles. The predicted octanol–water partition coefficient (Wildman–Crippen LogP) is 1.72. The number of rotatable bonds is 4. The molecule has 0 heterocycles. The first-order valence-corrected chi connectivity index (χ1v) is 7.04. The third kappa shape index (κ3) is 3.04. The molecule has 1 fully saturated rings. The summed E-state index contributed by atoms with van der Waals surface area (Å²) in [5, 5.41) is 13.2. The highest BCUT2D eigenvalue weighted by molar-refractivity contribution is 5.94. The molecule has 0 spiro atoms. The number of hydrogen-bond acceptors (Lipinski definition) is 4. The molecule has 5 heteroatoms. The Kier molecular flexibility index (Phi) is 4.18. The Morgan fingerprint density at radius 1 is 1.55 bits per heavy atom. The van der Waals surface area contributed by atoms with E-state index in [-0.39, 0.29) is 12.1 Å². The van der Waals surface area contributed by atoms with Crippen molar-refractivity contribution in [2.45, 2.75) is 38.1 Å². The summed E-state index contributed by atoms with van der Waals surface area (Å²) in [5.74, 6) is 0.0842. The predicted molar refractivity (Wildman–Crippen MR) is 80.4 cm³/mol. The summed E-state index contributed by atoms with van der Waals surface area (Å²) in [5.41, 5.74) is 12.5. The van der Waals surface area contributed by atoms with Crippen LogP contribution >= 0.6 is 0 Å². The number of amides is 1. The average Bonchev–Trinajstić information content (AvgIpc) is 2.41. The van der Waals surface area contributed by atoms with E-state index < -0.39 is 5.91 Å². The molecule has 1 aromatic rings. The topological polar surface area (TPSA) is 101 Å². The number of nitrogen functional groups attached to an aromatic ring is 1. The Hall–Kier alpha value is -1.75. The van der Waals surface area contributed by atoms with Crippen LogP contribution in [0.1, 0.15) is 43.0 Å². The van der Waals surface area contributed by atoms with Gasteiger partial charge in [0.1, 0.15) is 0 Å². The van der Waals surface area contributed by atoms with Crippen molar-refractivity contribution >= 4 is 17.3 Å². The summed E-state index contributed by atoms with van der Waals surface area (Å²) < 4.78 is 0. The van der Waals surface area contributed by atoms with Crippen molar-refractivity contribution in [3.8, 4) is 0 Å². The summed E-state index contributed by atoms with van der Waals surface area (Å²) in [7, 11) is 0. The van der Waals surface area contributed by atoms with Gasteiger partial charge in [0.05, 0.1) is 23.5 Å². The van der Waals surface area contributed by atoms with Crippen LogP contribution in [0.25, 0.3) is 0 Å². The third-order valence-electron chi connectivity index (χ3n) is 4.13. The van der Waals surface area contributed by atoms with Crippen molar-refractivity contribution in [1.82, 2.24) is 0 Å². The highest BCUT2D eigenvalue weighted by atomic mass is 16.3. The van der Waals surface area contributed by atoms with E-state index in [0.717, 1.165) is 24.9 Å². The van der Waals surface area contributed by atoms with Gasteiger partial charge in [-0.15, -0.1) is 0 Å². The van der Waals surface area contributed by atoms with Crippen LogP contribution < -0.4 is 16.8 Å². The first-order chi connectivity index (χ1) is 9.46. The molecule has 1 aromatic carbocycles. The minimum absolute atomic E-state index is 0.0777. The molecular formula is C15H23N3O2. The Balaban J connectivity index is 2.21. The third-order valence-corrected chi connectivity index (χ3v) is 4.13. The molecule has 0 aromatic heterocycles. The van der Waals surface area contributed by atoms with Crippen LogP contribution in [0.15, 0.2) is 18.2 Å². The van der Waals surface area contributed by atoms with Crippen molar-refractivity contribution in [2.75, 3.05) is 17.7 Å². The number of aliphatic hydroxyl groups excluding tert-OH is 1. The molecule has 110 valence electrons. The number of hydrogen-bond donors (Lipinski definition) is 4. The zero-order valence-corrected chi connectivity index (χ0v) is 11.9. The van der Waals surface area contributed by atoms with Crippen LogP contribution in [-0.4, -0.2) is 23.2 Å². The van der Waals surface area contributed by atoms with Gasteiger partial charge in [0, 0.05) is 5.56 Å². The second kappa shape index (κ2) is 5.71. The summed E-state index contributed by atoms with van der Waals surface area (Å²) in [6.07, 6.45) is 4.12. The number of nitrogens with two attached hydrogens (primary N) is 2. The molecule has 0 bridgehead atoms. The van der Waals surface area contributed by atoms with E-state index in [0.29, 0.717) is 17.2 Å². The highest BCUT2D eigenvalue weighted by Crippen LogP contribution is 2.36. The fraction of sp³-hybridized carbons (Fsp3) is 0.533. The van der Waals surface area contributed by atoms with Crippen molar-refractivity contribution in [3.05, 3.63) is 23.8 Å². The largest absolute Gasteiger partial charge is 0.397 e. The lowest BCUT2D eigenvalue weighted by Gasteiger charge is -2.40. The molecule has 2 rings (SSSR count). The van der Waals surface area contributed by atoms with E-state index in [2.05, 4.69) is 12.2 Å². The van der Waals surface area contributed by atoms with Crippen molar-refractivity contribution in [3.63, 3.8) is 0 Å². The van der Waals surface area contributed by atoms with Gasteiger partial charge >= 0.3 is 0 Å². The number of aliphatic hydroxyl groups is 1. The molecular weight excluding hydrogens is 254 g/mol. The van der Waals surface area contributed by atoms with E-state index in [1.54, 1.807) is 18.2 Å². The van der Waals surface area contributed by atoms with E-state index in [1.165, 1.54) is 6.42 Å². The van der Waals surface area contributed by atoms with Crippen molar-refractivity contribution in [2.24, 2.45) is 11.7 Å². The smallest absolute Gasteiger partial charge is 0.248 e. The molecule has 2 atom stereocenters. The molecule has 1 aliphatic rings. The fourth-order valence-corrected chi connectivity index (χ4v) is 3.07. The minimum Gasteiger partial charge on any atom is -0.397 e. The van der Waals surface area contributed by atoms with Crippen LogP contribution in [-0.2, 0) is 0 Å². The maximum atomic E-state index is 11.1. The van der Waals surface area contributed by atoms with Crippen molar-refractivity contribution < 1.29 is 9.90 Å². The van der Waals surface area contributed by atoms with Crippen LogP contribution in [0.5, 0.6) is 0 Å². The number of carbonyl (C=O) groups is 1. The molecule has 0 radical (unpaired) electrons. The van der Waals surface area contributed by atoms with Crippen LogP contribution in [0.3, 0.4) is 0 Å². The Morgan fingerprint density at radius 2 is 2.30 bits per heavy atom. The number of carbonyl (C=O) groups excluding carboxylic acids is 1. The second-order valence-electron chi connectivity index (χ2n) is 5.93. The zero-order chi connectivity index (χ0) is 14.8. The lowest BCUT2D eigenvalue weighted by Crippen LogP contribution is -2.46. The first-order valence-electron chi connectivity index (χ1n) is 7.04. The van der Waals surface area contributed by atoms with E-state index >= 15 is 0 Å². The zero-order valence-electron chi connectivity index (χ0n) is 11.9. The number of anilines is 2. The minimum atomic E-state index is -0.494. The molecule has 6 N–H and O–H groups in total. The summed E-state index contributed by atoms with van der Waals surface area (Å²) in [6.45, 7) is 2.28. The standard InChI is InChI=1S/C15H23N3O2/c1-10-3-2-6-15(8-10,9-19)18-13-5-4-11(14(17)20)7-12(13)16/h4-5,7,10,18-19H,2-3,6,8-9,16H2,1H3,(H2,17,20). The molecule has 20 heavy (non-hydrogen) atoms. The van der Waals surface area contributed by atoms with Crippen LogP contribution in [0.4, 0.5) is 11.4 Å². The SMILES string of the molecule is CC1CCCC(CO)(Nc2ccc(C(N)=O)cc2N)C1. The van der Waals surface area contributed by atoms with Crippen molar-refractivity contribution in [1.29, 1.82) is 0 Å². The molecule has 1 amide bonds. The Labute approximate surface area is 119 Å². The summed E-state index contributed by atoms with van der Waals surface area (Å²) in [4.78, 5) is 11.1. The Bertz CT molecular complexity index is 504. The maximum absolute atomic E-state index is 11.1. The van der Waals surface area contributed by atoms with Crippen LogP contribution in [0, 0.1) is 5.92 Å². The Morgan fingerprint density at radius 3 is 2.85 bits per heavy atom. The monoisotopic (exact) mass is 277 g/mol. The van der Waals surface area contributed by atoms with Gasteiger partial charge in [-0.25, -0.2) is 0 Å². The van der Waals surface area contributed by atoms with Crippen LogP contribution in [0.2, 0.25) is 0 Å². The lowest BCUT2D eigenvalue weighted by molar-refractivity contribution is 0.100. The molecule has 0 aliphatic heterocycles. The second-order valence-corrected chi connectivity index (χ2v) is 5.93. The van der Waals surface area contributed by atoms with E-state index in [4.69, 9.17) is 11.5 Å². The lowest BCUT2D eigenvalue weighted by atomic mass is 9.76. The normalized spacial score (nSPS) is 26.2.